The Balaban J connectivity index is 3.13. The van der Waals surface area contributed by atoms with E-state index in [9.17, 15) is 4.48 Å². The maximum Gasteiger partial charge on any atom is 0.104 e. The lowest BCUT2D eigenvalue weighted by Crippen LogP contribution is -1.95. The summed E-state index contributed by atoms with van der Waals surface area (Å²) in [5.74, 6) is 0. The topological polar surface area (TPSA) is 17.8 Å². The van der Waals surface area contributed by atoms with E-state index in [1.165, 1.54) is 0 Å². The summed E-state index contributed by atoms with van der Waals surface area (Å²) in [5.41, 5.74) is 3.03. The smallest absolute Gasteiger partial charge is 0.104 e. The first-order valence-corrected chi connectivity index (χ1v) is 5.23. The molecule has 0 N–H and O–H groups in total. The van der Waals surface area contributed by atoms with Crippen molar-refractivity contribution >= 4 is 5.57 Å². The highest BCUT2D eigenvalue weighted by atomic mass is 19.2. The highest BCUT2D eigenvalue weighted by Gasteiger charge is 2.12. The van der Waals surface area contributed by atoms with E-state index >= 15 is 0 Å². The molecule has 0 aliphatic carbocycles. The molecule has 1 heterocycles. The molecule has 82 valence electrons. The van der Waals surface area contributed by atoms with Crippen LogP contribution in [0.5, 0.6) is 0 Å². The van der Waals surface area contributed by atoms with Gasteiger partial charge in [-0.2, -0.15) is 0 Å². The van der Waals surface area contributed by atoms with Crippen LogP contribution in [0.1, 0.15) is 38.6 Å². The molecule has 0 amide bonds. The second kappa shape index (κ2) is 4.91. The predicted octanol–water partition coefficient (Wildman–Crippen LogP) is 3.55. The van der Waals surface area contributed by atoms with Crippen LogP contribution in [0.3, 0.4) is 0 Å². The molecule has 0 saturated carbocycles. The zero-order chi connectivity index (χ0) is 11.4. The van der Waals surface area contributed by atoms with Crippen molar-refractivity contribution in [3.63, 3.8) is 0 Å². The van der Waals surface area contributed by atoms with Gasteiger partial charge in [0.25, 0.3) is 0 Å². The zero-order valence-electron chi connectivity index (χ0n) is 9.55. The fraction of sp³-hybridized carbons (Fsp3) is 0.417. The molecular formula is C12H17FN2. The average molecular weight is 208 g/mol. The SMILES string of the molecule is C=C(CC)/C(=C/C)c1cc(CC)nn1F. The number of hydrogen-bond donors (Lipinski definition) is 0. The van der Waals surface area contributed by atoms with Crippen molar-refractivity contribution in [3.8, 4) is 0 Å². The summed E-state index contributed by atoms with van der Waals surface area (Å²) in [6.45, 7) is 9.76. The van der Waals surface area contributed by atoms with Crippen LogP contribution in [0.2, 0.25) is 0 Å². The van der Waals surface area contributed by atoms with Crippen molar-refractivity contribution in [3.05, 3.63) is 35.7 Å². The molecule has 0 aliphatic heterocycles. The first-order chi connectivity index (χ1) is 7.13. The van der Waals surface area contributed by atoms with Gasteiger partial charge in [-0.25, -0.2) is 0 Å². The van der Waals surface area contributed by atoms with Crippen LogP contribution in [0.4, 0.5) is 4.48 Å². The summed E-state index contributed by atoms with van der Waals surface area (Å²) < 4.78 is 13.5. The van der Waals surface area contributed by atoms with Crippen molar-refractivity contribution in [1.29, 1.82) is 0 Å². The van der Waals surface area contributed by atoms with Gasteiger partial charge in [0.15, 0.2) is 0 Å². The highest BCUT2D eigenvalue weighted by Crippen LogP contribution is 2.24. The van der Waals surface area contributed by atoms with Crippen molar-refractivity contribution in [1.82, 2.24) is 10.0 Å². The van der Waals surface area contributed by atoms with Crippen LogP contribution < -0.4 is 0 Å². The van der Waals surface area contributed by atoms with Gasteiger partial charge in [-0.1, -0.05) is 35.9 Å². The molecule has 0 aromatic carbocycles. The Hall–Kier alpha value is -1.38. The third-order valence-electron chi connectivity index (χ3n) is 2.45. The molecule has 0 atom stereocenters. The highest BCUT2D eigenvalue weighted by molar-refractivity contribution is 5.76. The summed E-state index contributed by atoms with van der Waals surface area (Å²) in [5, 5.41) is 3.78. The molecule has 0 bridgehead atoms. The number of hydrogen-bond acceptors (Lipinski definition) is 1. The largest absolute Gasteiger partial charge is 0.147 e. The molecule has 0 aliphatic rings. The summed E-state index contributed by atoms with van der Waals surface area (Å²) in [6.07, 6.45) is 3.42. The Morgan fingerprint density at radius 2 is 2.27 bits per heavy atom. The molecule has 15 heavy (non-hydrogen) atoms. The minimum Gasteiger partial charge on any atom is -0.147 e. The van der Waals surface area contributed by atoms with E-state index in [4.69, 9.17) is 0 Å². The van der Waals surface area contributed by atoms with Crippen molar-refractivity contribution < 1.29 is 4.48 Å². The van der Waals surface area contributed by atoms with Gasteiger partial charge in [0.2, 0.25) is 0 Å². The first-order valence-electron chi connectivity index (χ1n) is 5.23. The van der Waals surface area contributed by atoms with E-state index in [1.54, 1.807) is 6.07 Å². The van der Waals surface area contributed by atoms with Crippen LogP contribution in [0.15, 0.2) is 24.3 Å². The number of aromatic nitrogens is 2. The molecule has 1 rings (SSSR count). The Labute approximate surface area is 90.0 Å². The Kier molecular flexibility index (Phi) is 3.83. The minimum absolute atomic E-state index is 0.439. The number of aryl methyl sites for hydroxylation is 1. The van der Waals surface area contributed by atoms with Crippen molar-refractivity contribution in [2.24, 2.45) is 0 Å². The van der Waals surface area contributed by atoms with Gasteiger partial charge >= 0.3 is 0 Å². The molecule has 2 nitrogen and oxygen atoms in total. The minimum atomic E-state index is 0.439. The molecule has 0 spiro atoms. The summed E-state index contributed by atoms with van der Waals surface area (Å²) >= 11 is 0. The standard InChI is InChI=1S/C12H17FN2/c1-5-9(4)11(7-3)12-8-10(6-2)14-15(12)13/h7-8H,4-6H2,1-3H3/b11-7-. The van der Waals surface area contributed by atoms with Crippen LogP contribution in [0, 0.1) is 0 Å². The second-order valence-electron chi connectivity index (χ2n) is 3.39. The molecule has 0 saturated heterocycles. The predicted molar refractivity (Wildman–Crippen MR) is 61.2 cm³/mol. The van der Waals surface area contributed by atoms with Crippen molar-refractivity contribution in [2.45, 2.75) is 33.6 Å². The lowest BCUT2D eigenvalue weighted by molar-refractivity contribution is 0.310. The molecule has 1 aromatic rings. The van der Waals surface area contributed by atoms with Gasteiger partial charge in [0, 0.05) is 5.57 Å². The molecule has 1 aromatic heterocycles. The van der Waals surface area contributed by atoms with Gasteiger partial charge in [0.05, 0.1) is 5.69 Å². The fourth-order valence-corrected chi connectivity index (χ4v) is 1.48. The molecule has 3 heteroatoms. The molecule has 0 radical (unpaired) electrons. The normalized spacial score (nSPS) is 11.9. The Bertz CT molecular complexity index is 388. The average Bonchev–Trinajstić information content (AvgIpc) is 2.61. The monoisotopic (exact) mass is 208 g/mol. The third-order valence-corrected chi connectivity index (χ3v) is 2.45. The zero-order valence-corrected chi connectivity index (χ0v) is 9.55. The first kappa shape index (κ1) is 11.7. The van der Waals surface area contributed by atoms with E-state index in [0.29, 0.717) is 10.6 Å². The van der Waals surface area contributed by atoms with Crippen LogP contribution in [-0.4, -0.2) is 10.0 Å². The molecular weight excluding hydrogens is 191 g/mol. The van der Waals surface area contributed by atoms with E-state index in [-0.39, 0.29) is 0 Å². The molecule has 0 unspecified atom stereocenters. The van der Waals surface area contributed by atoms with E-state index in [1.807, 2.05) is 26.8 Å². The van der Waals surface area contributed by atoms with Crippen LogP contribution in [-0.2, 0) is 6.42 Å². The maximum atomic E-state index is 13.5. The number of rotatable bonds is 4. The Morgan fingerprint density at radius 3 is 2.67 bits per heavy atom. The lowest BCUT2D eigenvalue weighted by atomic mass is 10.0. The fourth-order valence-electron chi connectivity index (χ4n) is 1.48. The summed E-state index contributed by atoms with van der Waals surface area (Å²) in [7, 11) is 0. The van der Waals surface area contributed by atoms with Crippen molar-refractivity contribution in [2.75, 3.05) is 0 Å². The van der Waals surface area contributed by atoms with Crippen LogP contribution >= 0.6 is 0 Å². The maximum absolute atomic E-state index is 13.5. The Morgan fingerprint density at radius 1 is 1.60 bits per heavy atom. The second-order valence-corrected chi connectivity index (χ2v) is 3.39. The number of nitrogens with zero attached hydrogens (tertiary/aromatic N) is 2. The summed E-state index contributed by atoms with van der Waals surface area (Å²) in [4.78, 5) is 0.439. The van der Waals surface area contributed by atoms with Crippen LogP contribution in [0.25, 0.3) is 5.57 Å². The number of allylic oxidation sites excluding steroid dienone is 3. The summed E-state index contributed by atoms with van der Waals surface area (Å²) in [6, 6.07) is 1.77. The van der Waals surface area contributed by atoms with E-state index < -0.39 is 0 Å². The number of halogens is 1. The van der Waals surface area contributed by atoms with Gasteiger partial charge in [0.1, 0.15) is 5.69 Å². The van der Waals surface area contributed by atoms with E-state index in [0.717, 1.165) is 29.7 Å². The van der Waals surface area contributed by atoms with Gasteiger partial charge in [-0.15, -0.1) is 5.10 Å². The van der Waals surface area contributed by atoms with Gasteiger partial charge in [-0.05, 0) is 31.4 Å². The quantitative estimate of drug-likeness (QED) is 0.692. The molecule has 0 fully saturated rings. The van der Waals surface area contributed by atoms with E-state index in [2.05, 4.69) is 11.7 Å². The van der Waals surface area contributed by atoms with Gasteiger partial charge < -0.3 is 0 Å². The third kappa shape index (κ3) is 2.35. The van der Waals surface area contributed by atoms with Gasteiger partial charge in [-0.3, -0.25) is 0 Å². The lowest BCUT2D eigenvalue weighted by Gasteiger charge is -2.06.